The van der Waals surface area contributed by atoms with Gasteiger partial charge in [0.2, 0.25) is 11.8 Å². The van der Waals surface area contributed by atoms with Gasteiger partial charge >= 0.3 is 5.97 Å². The number of aryl methyl sites for hydroxylation is 1. The number of carbonyl (C=O) groups is 3. The number of carbonyl (C=O) groups excluding carboxylic acids is 2. The van der Waals surface area contributed by atoms with E-state index < -0.39 is 12.0 Å². The maximum atomic E-state index is 12.0. The first-order valence-corrected chi connectivity index (χ1v) is 6.59. The van der Waals surface area contributed by atoms with Crippen LogP contribution < -0.4 is 5.32 Å². The average molecular weight is 292 g/mol. The number of likely N-dealkylation sites (N-methyl/N-ethyl adjacent to an activating group) is 1. The van der Waals surface area contributed by atoms with Crippen molar-refractivity contribution in [1.29, 1.82) is 0 Å². The molecule has 0 aliphatic carbocycles. The van der Waals surface area contributed by atoms with Crippen molar-refractivity contribution >= 4 is 17.8 Å². The molecule has 1 aromatic carbocycles. The predicted octanol–water partition coefficient (Wildman–Crippen LogP) is 1.11. The SMILES string of the molecule is CC(=O)NC(CC(=O)N(C)CC(=O)O)c1ccc(C)cc1. The van der Waals surface area contributed by atoms with Crippen LogP contribution in [0.1, 0.15) is 30.5 Å². The van der Waals surface area contributed by atoms with E-state index in [4.69, 9.17) is 5.11 Å². The fraction of sp³-hybridized carbons (Fsp3) is 0.400. The maximum Gasteiger partial charge on any atom is 0.323 e. The van der Waals surface area contributed by atoms with Crippen LogP contribution in [0.3, 0.4) is 0 Å². The quantitative estimate of drug-likeness (QED) is 0.822. The molecule has 0 heterocycles. The van der Waals surface area contributed by atoms with Crippen molar-refractivity contribution in [2.75, 3.05) is 13.6 Å². The van der Waals surface area contributed by atoms with Crippen molar-refractivity contribution in [2.24, 2.45) is 0 Å². The summed E-state index contributed by atoms with van der Waals surface area (Å²) in [5, 5.41) is 11.4. The van der Waals surface area contributed by atoms with Gasteiger partial charge in [-0.3, -0.25) is 14.4 Å². The lowest BCUT2D eigenvalue weighted by Gasteiger charge is -2.21. The first-order chi connectivity index (χ1) is 9.79. The second kappa shape index (κ2) is 7.42. The van der Waals surface area contributed by atoms with Gasteiger partial charge in [0, 0.05) is 14.0 Å². The molecular weight excluding hydrogens is 272 g/mol. The zero-order chi connectivity index (χ0) is 16.0. The van der Waals surface area contributed by atoms with E-state index in [0.717, 1.165) is 16.0 Å². The number of nitrogens with one attached hydrogen (secondary N) is 1. The highest BCUT2D eigenvalue weighted by Gasteiger charge is 2.20. The Balaban J connectivity index is 2.83. The molecule has 21 heavy (non-hydrogen) atoms. The van der Waals surface area contributed by atoms with Gasteiger partial charge in [-0.15, -0.1) is 0 Å². The minimum atomic E-state index is -1.07. The Bertz CT molecular complexity index is 525. The molecule has 0 fully saturated rings. The van der Waals surface area contributed by atoms with Gasteiger partial charge in [0.15, 0.2) is 0 Å². The topological polar surface area (TPSA) is 86.7 Å². The van der Waals surface area contributed by atoms with E-state index in [1.165, 1.54) is 14.0 Å². The van der Waals surface area contributed by atoms with Gasteiger partial charge in [0.1, 0.15) is 6.54 Å². The molecule has 2 N–H and O–H groups in total. The van der Waals surface area contributed by atoms with E-state index in [1.54, 1.807) is 0 Å². The maximum absolute atomic E-state index is 12.0. The van der Waals surface area contributed by atoms with E-state index in [1.807, 2.05) is 31.2 Å². The third-order valence-corrected chi connectivity index (χ3v) is 3.03. The molecule has 1 aromatic rings. The van der Waals surface area contributed by atoms with E-state index in [-0.39, 0.29) is 24.8 Å². The molecular formula is C15H20N2O4. The molecule has 6 nitrogen and oxygen atoms in total. The molecule has 0 spiro atoms. The zero-order valence-electron chi connectivity index (χ0n) is 12.4. The summed E-state index contributed by atoms with van der Waals surface area (Å²) in [5.41, 5.74) is 1.89. The van der Waals surface area contributed by atoms with Crippen LogP contribution in [0.4, 0.5) is 0 Å². The van der Waals surface area contributed by atoms with E-state index >= 15 is 0 Å². The predicted molar refractivity (Wildman–Crippen MR) is 77.6 cm³/mol. The molecule has 0 aliphatic rings. The number of hydrogen-bond donors (Lipinski definition) is 2. The lowest BCUT2D eigenvalue weighted by Crippen LogP contribution is -2.36. The molecule has 0 bridgehead atoms. The molecule has 1 unspecified atom stereocenters. The van der Waals surface area contributed by atoms with Crippen molar-refractivity contribution in [3.8, 4) is 0 Å². The summed E-state index contributed by atoms with van der Waals surface area (Å²) in [5.74, 6) is -1.65. The highest BCUT2D eigenvalue weighted by atomic mass is 16.4. The van der Waals surface area contributed by atoms with Gasteiger partial charge in [-0.2, -0.15) is 0 Å². The first-order valence-electron chi connectivity index (χ1n) is 6.59. The van der Waals surface area contributed by atoms with Gasteiger partial charge < -0.3 is 15.3 Å². The lowest BCUT2D eigenvalue weighted by atomic mass is 10.0. The van der Waals surface area contributed by atoms with Gasteiger partial charge in [-0.1, -0.05) is 29.8 Å². The summed E-state index contributed by atoms with van der Waals surface area (Å²) in [7, 11) is 1.43. The highest BCUT2D eigenvalue weighted by Crippen LogP contribution is 2.18. The minimum Gasteiger partial charge on any atom is -0.480 e. The number of hydrogen-bond acceptors (Lipinski definition) is 3. The minimum absolute atomic E-state index is 0.0203. The average Bonchev–Trinajstić information content (AvgIpc) is 2.37. The molecule has 0 aliphatic heterocycles. The second-order valence-electron chi connectivity index (χ2n) is 5.01. The highest BCUT2D eigenvalue weighted by molar-refractivity contribution is 5.82. The van der Waals surface area contributed by atoms with Crippen molar-refractivity contribution in [2.45, 2.75) is 26.3 Å². The Kier molecular flexibility index (Phi) is 5.90. The number of nitrogens with zero attached hydrogens (tertiary/aromatic N) is 1. The summed E-state index contributed by atoms with van der Waals surface area (Å²) in [6.07, 6.45) is 0.0203. The van der Waals surface area contributed by atoms with Crippen molar-refractivity contribution in [1.82, 2.24) is 10.2 Å². The number of rotatable bonds is 6. The molecule has 0 aromatic heterocycles. The fourth-order valence-electron chi connectivity index (χ4n) is 1.92. The molecule has 2 amide bonds. The Morgan fingerprint density at radius 1 is 1.24 bits per heavy atom. The molecule has 6 heteroatoms. The van der Waals surface area contributed by atoms with Gasteiger partial charge in [0.25, 0.3) is 0 Å². The van der Waals surface area contributed by atoms with Crippen LogP contribution >= 0.6 is 0 Å². The van der Waals surface area contributed by atoms with E-state index in [2.05, 4.69) is 5.32 Å². The van der Waals surface area contributed by atoms with Crippen molar-refractivity contribution < 1.29 is 19.5 Å². The first kappa shape index (κ1) is 16.7. The molecule has 0 saturated carbocycles. The Hall–Kier alpha value is -2.37. The standard InChI is InChI=1S/C15H20N2O4/c1-10-4-6-12(7-5-10)13(16-11(2)18)8-14(19)17(3)9-15(20)21/h4-7,13H,8-9H2,1-3H3,(H,16,18)(H,20,21). The zero-order valence-corrected chi connectivity index (χ0v) is 12.4. The molecule has 1 atom stereocenters. The smallest absolute Gasteiger partial charge is 0.323 e. The summed E-state index contributed by atoms with van der Waals surface area (Å²) in [6, 6.07) is 7.03. The summed E-state index contributed by atoms with van der Waals surface area (Å²) in [6.45, 7) is 2.97. The van der Waals surface area contributed by atoms with Gasteiger partial charge in [-0.05, 0) is 12.5 Å². The largest absolute Gasteiger partial charge is 0.480 e. The number of amides is 2. The monoisotopic (exact) mass is 292 g/mol. The lowest BCUT2D eigenvalue weighted by molar-refractivity contribution is -0.143. The van der Waals surface area contributed by atoms with Crippen molar-refractivity contribution in [3.05, 3.63) is 35.4 Å². The third-order valence-electron chi connectivity index (χ3n) is 3.03. The van der Waals surface area contributed by atoms with Crippen LogP contribution in [-0.2, 0) is 14.4 Å². The summed E-state index contributed by atoms with van der Waals surface area (Å²) < 4.78 is 0. The van der Waals surface area contributed by atoms with Gasteiger partial charge in [-0.25, -0.2) is 0 Å². The van der Waals surface area contributed by atoms with Crippen LogP contribution in [0, 0.1) is 6.92 Å². The Morgan fingerprint density at radius 2 is 1.81 bits per heavy atom. The Morgan fingerprint density at radius 3 is 2.29 bits per heavy atom. The van der Waals surface area contributed by atoms with Crippen LogP contribution in [0.25, 0.3) is 0 Å². The molecule has 0 saturated heterocycles. The number of aliphatic carboxylic acids is 1. The summed E-state index contributed by atoms with van der Waals surface area (Å²) in [4.78, 5) is 35.1. The number of carboxylic acid groups (broad SMARTS) is 1. The normalized spacial score (nSPS) is 11.6. The van der Waals surface area contributed by atoms with Crippen LogP contribution in [-0.4, -0.2) is 41.4 Å². The molecule has 1 rings (SSSR count). The summed E-state index contributed by atoms with van der Waals surface area (Å²) >= 11 is 0. The number of carboxylic acids is 1. The molecule has 0 radical (unpaired) electrons. The van der Waals surface area contributed by atoms with Crippen LogP contribution in [0.2, 0.25) is 0 Å². The van der Waals surface area contributed by atoms with E-state index in [0.29, 0.717) is 0 Å². The molecule has 114 valence electrons. The Labute approximate surface area is 123 Å². The van der Waals surface area contributed by atoms with E-state index in [9.17, 15) is 14.4 Å². The van der Waals surface area contributed by atoms with Crippen LogP contribution in [0.5, 0.6) is 0 Å². The number of benzene rings is 1. The second-order valence-corrected chi connectivity index (χ2v) is 5.01. The van der Waals surface area contributed by atoms with Gasteiger partial charge in [0.05, 0.1) is 12.5 Å². The van der Waals surface area contributed by atoms with Crippen molar-refractivity contribution in [3.63, 3.8) is 0 Å². The van der Waals surface area contributed by atoms with Crippen LogP contribution in [0.15, 0.2) is 24.3 Å². The third kappa shape index (κ3) is 5.64. The fourth-order valence-corrected chi connectivity index (χ4v) is 1.92.